The van der Waals surface area contributed by atoms with Crippen molar-refractivity contribution >= 4 is 23.8 Å². The molecule has 1 saturated heterocycles. The van der Waals surface area contributed by atoms with Crippen molar-refractivity contribution in [2.45, 2.75) is 19.4 Å². The summed E-state index contributed by atoms with van der Waals surface area (Å²) in [5.41, 5.74) is -1.72. The number of amides is 5. The molecule has 0 aromatic carbocycles. The number of nitrogens with one attached hydrogen (secondary N) is 3. The van der Waals surface area contributed by atoms with Crippen molar-refractivity contribution in [3.63, 3.8) is 0 Å². The molecule has 0 bridgehead atoms. The van der Waals surface area contributed by atoms with Crippen molar-refractivity contribution < 1.29 is 19.2 Å². The van der Waals surface area contributed by atoms with E-state index in [2.05, 4.69) is 5.32 Å². The Bertz CT molecular complexity index is 316. The average Bonchev–Trinajstić information content (AvgIpc) is 1.99. The van der Waals surface area contributed by atoms with Crippen LogP contribution in [0.1, 0.15) is 13.8 Å². The van der Waals surface area contributed by atoms with E-state index in [4.69, 9.17) is 0 Å². The van der Waals surface area contributed by atoms with Gasteiger partial charge in [-0.3, -0.25) is 25.0 Å². The molecular weight excluding hydrogens is 190 g/mol. The Morgan fingerprint density at radius 3 is 2.00 bits per heavy atom. The third-order valence-electron chi connectivity index (χ3n) is 1.79. The summed E-state index contributed by atoms with van der Waals surface area (Å²) in [4.78, 5) is 43.9. The first-order chi connectivity index (χ1) is 6.36. The second-order valence-corrected chi connectivity index (χ2v) is 3.04. The van der Waals surface area contributed by atoms with Crippen LogP contribution < -0.4 is 16.0 Å². The Kier molecular flexibility index (Phi) is 2.24. The standard InChI is InChI=1S/C7H9N3O4/c1-3(11)10-7(2)4(12)8-6(14)9-5(7)13/h1-2H3,(H,10,11)(H2,8,9,12,13,14). The third-order valence-corrected chi connectivity index (χ3v) is 1.79. The first-order valence-corrected chi connectivity index (χ1v) is 3.82. The summed E-state index contributed by atoms with van der Waals surface area (Å²) in [6.07, 6.45) is 0. The molecule has 5 amide bonds. The second kappa shape index (κ2) is 3.09. The normalized spacial score (nSPS) is 19.7. The van der Waals surface area contributed by atoms with Gasteiger partial charge in [-0.05, 0) is 6.92 Å². The SMILES string of the molecule is CC(=O)NC1(C)C(=O)NC(=O)NC1=O. The van der Waals surface area contributed by atoms with Gasteiger partial charge in [-0.15, -0.1) is 0 Å². The van der Waals surface area contributed by atoms with Gasteiger partial charge in [-0.1, -0.05) is 0 Å². The molecule has 0 aromatic heterocycles. The van der Waals surface area contributed by atoms with E-state index < -0.39 is 29.3 Å². The topological polar surface area (TPSA) is 104 Å². The van der Waals surface area contributed by atoms with Crippen LogP contribution in [-0.2, 0) is 14.4 Å². The van der Waals surface area contributed by atoms with Gasteiger partial charge in [0, 0.05) is 6.92 Å². The van der Waals surface area contributed by atoms with Crippen LogP contribution >= 0.6 is 0 Å². The Morgan fingerprint density at radius 1 is 1.21 bits per heavy atom. The van der Waals surface area contributed by atoms with E-state index in [9.17, 15) is 19.2 Å². The van der Waals surface area contributed by atoms with E-state index in [-0.39, 0.29) is 0 Å². The zero-order chi connectivity index (χ0) is 10.9. The fourth-order valence-corrected chi connectivity index (χ4v) is 1.06. The van der Waals surface area contributed by atoms with E-state index >= 15 is 0 Å². The minimum absolute atomic E-state index is 0.535. The monoisotopic (exact) mass is 199 g/mol. The molecule has 7 heteroatoms. The highest BCUT2D eigenvalue weighted by Crippen LogP contribution is 2.07. The lowest BCUT2D eigenvalue weighted by Gasteiger charge is -2.30. The molecular formula is C7H9N3O4. The maximum atomic E-state index is 11.3. The van der Waals surface area contributed by atoms with Crippen LogP contribution in [0.5, 0.6) is 0 Å². The smallest absolute Gasteiger partial charge is 0.328 e. The molecule has 76 valence electrons. The molecule has 1 aliphatic rings. The van der Waals surface area contributed by atoms with Crippen molar-refractivity contribution in [2.24, 2.45) is 0 Å². The van der Waals surface area contributed by atoms with Gasteiger partial charge >= 0.3 is 6.03 Å². The van der Waals surface area contributed by atoms with Crippen LogP contribution in [-0.4, -0.2) is 29.3 Å². The lowest BCUT2D eigenvalue weighted by molar-refractivity contribution is -0.142. The zero-order valence-electron chi connectivity index (χ0n) is 7.63. The van der Waals surface area contributed by atoms with E-state index in [0.29, 0.717) is 0 Å². The Hall–Kier alpha value is -1.92. The summed E-state index contributed by atoms with van der Waals surface area (Å²) in [6, 6.07) is -0.886. The number of hydrogen-bond donors (Lipinski definition) is 3. The summed E-state index contributed by atoms with van der Waals surface area (Å²) in [5.74, 6) is -2.23. The third kappa shape index (κ3) is 1.56. The molecule has 0 saturated carbocycles. The van der Waals surface area contributed by atoms with Gasteiger partial charge in [0.05, 0.1) is 0 Å². The fourth-order valence-electron chi connectivity index (χ4n) is 1.06. The van der Waals surface area contributed by atoms with Crippen molar-refractivity contribution in [3.05, 3.63) is 0 Å². The first-order valence-electron chi connectivity index (χ1n) is 3.82. The van der Waals surface area contributed by atoms with Crippen LogP contribution in [0.25, 0.3) is 0 Å². The van der Waals surface area contributed by atoms with Crippen molar-refractivity contribution in [3.8, 4) is 0 Å². The lowest BCUT2D eigenvalue weighted by Crippen LogP contribution is -2.71. The van der Waals surface area contributed by atoms with Crippen molar-refractivity contribution in [1.29, 1.82) is 0 Å². The average molecular weight is 199 g/mol. The molecule has 1 heterocycles. The molecule has 1 aliphatic heterocycles. The largest absolute Gasteiger partial charge is 0.335 e. The number of urea groups is 1. The zero-order valence-corrected chi connectivity index (χ0v) is 7.63. The van der Waals surface area contributed by atoms with Crippen LogP contribution in [0.2, 0.25) is 0 Å². The van der Waals surface area contributed by atoms with E-state index in [1.54, 1.807) is 0 Å². The Labute approximate surface area is 79.2 Å². The van der Waals surface area contributed by atoms with Crippen LogP contribution in [0.4, 0.5) is 4.79 Å². The number of barbiturate groups is 1. The van der Waals surface area contributed by atoms with Crippen LogP contribution in [0, 0.1) is 0 Å². The molecule has 0 unspecified atom stereocenters. The number of rotatable bonds is 1. The molecule has 0 atom stereocenters. The van der Waals surface area contributed by atoms with Gasteiger partial charge in [0.25, 0.3) is 11.8 Å². The first kappa shape index (κ1) is 10.2. The molecule has 1 rings (SSSR count). The van der Waals surface area contributed by atoms with Gasteiger partial charge in [0.15, 0.2) is 5.54 Å². The highest BCUT2D eigenvalue weighted by Gasteiger charge is 2.46. The quantitative estimate of drug-likeness (QED) is 0.435. The molecule has 0 spiro atoms. The highest BCUT2D eigenvalue weighted by atomic mass is 16.2. The fraction of sp³-hybridized carbons (Fsp3) is 0.429. The Morgan fingerprint density at radius 2 is 1.64 bits per heavy atom. The summed E-state index contributed by atoms with van der Waals surface area (Å²) in [7, 11) is 0. The van der Waals surface area contributed by atoms with E-state index in [1.807, 2.05) is 10.6 Å². The van der Waals surface area contributed by atoms with Crippen LogP contribution in [0.3, 0.4) is 0 Å². The molecule has 0 radical (unpaired) electrons. The van der Waals surface area contributed by atoms with Gasteiger partial charge in [-0.25, -0.2) is 4.79 Å². The minimum atomic E-state index is -1.72. The predicted molar refractivity (Wildman–Crippen MR) is 43.9 cm³/mol. The van der Waals surface area contributed by atoms with Crippen LogP contribution in [0.15, 0.2) is 0 Å². The lowest BCUT2D eigenvalue weighted by atomic mass is 9.98. The summed E-state index contributed by atoms with van der Waals surface area (Å²) >= 11 is 0. The minimum Gasteiger partial charge on any atom is -0.335 e. The van der Waals surface area contributed by atoms with Gasteiger partial charge in [-0.2, -0.15) is 0 Å². The van der Waals surface area contributed by atoms with E-state index in [0.717, 1.165) is 0 Å². The number of imide groups is 2. The Balaban J connectivity index is 2.95. The summed E-state index contributed by atoms with van der Waals surface area (Å²) in [5, 5.41) is 5.93. The van der Waals surface area contributed by atoms with E-state index in [1.165, 1.54) is 13.8 Å². The number of hydrogen-bond acceptors (Lipinski definition) is 4. The number of carbonyl (C=O) groups is 4. The summed E-state index contributed by atoms with van der Waals surface area (Å²) < 4.78 is 0. The molecule has 0 aromatic rings. The maximum absolute atomic E-state index is 11.3. The van der Waals surface area contributed by atoms with Gasteiger partial charge < -0.3 is 5.32 Å². The van der Waals surface area contributed by atoms with Gasteiger partial charge in [0.1, 0.15) is 0 Å². The van der Waals surface area contributed by atoms with Crippen molar-refractivity contribution in [1.82, 2.24) is 16.0 Å². The maximum Gasteiger partial charge on any atom is 0.328 e. The summed E-state index contributed by atoms with van der Waals surface area (Å²) in [6.45, 7) is 2.38. The van der Waals surface area contributed by atoms with Gasteiger partial charge in [0.2, 0.25) is 5.91 Å². The molecule has 1 fully saturated rings. The molecule has 0 aliphatic carbocycles. The van der Waals surface area contributed by atoms with Crippen molar-refractivity contribution in [2.75, 3.05) is 0 Å². The molecule has 14 heavy (non-hydrogen) atoms. The highest BCUT2D eigenvalue weighted by molar-refractivity contribution is 6.23. The molecule has 7 nitrogen and oxygen atoms in total. The predicted octanol–water partition coefficient (Wildman–Crippen LogP) is -1.75. The molecule has 3 N–H and O–H groups in total. The number of carbonyl (C=O) groups excluding carboxylic acids is 4. The second-order valence-electron chi connectivity index (χ2n) is 3.04.